The highest BCUT2D eigenvalue weighted by Gasteiger charge is 2.46. The van der Waals surface area contributed by atoms with Crippen molar-refractivity contribution in [3.8, 4) is 0 Å². The predicted octanol–water partition coefficient (Wildman–Crippen LogP) is 2.98. The molecule has 0 radical (unpaired) electrons. The van der Waals surface area contributed by atoms with Gasteiger partial charge in [0.05, 0.1) is 11.5 Å². The van der Waals surface area contributed by atoms with Crippen molar-refractivity contribution in [1.29, 1.82) is 0 Å². The smallest absolute Gasteiger partial charge is 0.230 e. The van der Waals surface area contributed by atoms with Crippen LogP contribution in [0, 0.1) is 17.2 Å². The standard InChI is InChI=1S/C17H25FN2O/c1-12(2)17(9-10-19-11-17)16(21)20(4)13(3)14-7-5-6-8-15(14)18/h5-8,12-13,19H,9-11H2,1-4H3. The molecule has 1 N–H and O–H groups in total. The Hall–Kier alpha value is -1.42. The van der Waals surface area contributed by atoms with Gasteiger partial charge in [-0.25, -0.2) is 4.39 Å². The second-order valence-corrected chi connectivity index (χ2v) is 6.35. The summed E-state index contributed by atoms with van der Waals surface area (Å²) in [7, 11) is 1.78. The molecular formula is C17H25FN2O. The van der Waals surface area contributed by atoms with Gasteiger partial charge in [0.15, 0.2) is 0 Å². The van der Waals surface area contributed by atoms with Gasteiger partial charge in [-0.1, -0.05) is 32.0 Å². The molecule has 1 aromatic carbocycles. The third-order valence-corrected chi connectivity index (χ3v) is 4.98. The zero-order valence-corrected chi connectivity index (χ0v) is 13.3. The van der Waals surface area contributed by atoms with Crippen LogP contribution in [0.15, 0.2) is 24.3 Å². The van der Waals surface area contributed by atoms with E-state index in [4.69, 9.17) is 0 Å². The van der Waals surface area contributed by atoms with Gasteiger partial charge in [0, 0.05) is 19.2 Å². The summed E-state index contributed by atoms with van der Waals surface area (Å²) in [6, 6.07) is 6.40. The maximum Gasteiger partial charge on any atom is 0.230 e. The summed E-state index contributed by atoms with van der Waals surface area (Å²) in [6.45, 7) is 7.63. The number of nitrogens with zero attached hydrogens (tertiary/aromatic N) is 1. The van der Waals surface area contributed by atoms with Crippen molar-refractivity contribution in [2.24, 2.45) is 11.3 Å². The summed E-state index contributed by atoms with van der Waals surface area (Å²) < 4.78 is 13.9. The van der Waals surface area contributed by atoms with Crippen LogP contribution in [-0.4, -0.2) is 30.9 Å². The van der Waals surface area contributed by atoms with Crippen LogP contribution in [-0.2, 0) is 4.79 Å². The number of halogens is 1. The van der Waals surface area contributed by atoms with Crippen LogP contribution in [0.3, 0.4) is 0 Å². The molecular weight excluding hydrogens is 267 g/mol. The summed E-state index contributed by atoms with van der Waals surface area (Å²) in [6.07, 6.45) is 0.845. The largest absolute Gasteiger partial charge is 0.338 e. The molecule has 1 saturated heterocycles. The molecule has 1 fully saturated rings. The average Bonchev–Trinajstić information content (AvgIpc) is 2.96. The molecule has 1 aliphatic rings. The molecule has 116 valence electrons. The van der Waals surface area contributed by atoms with E-state index in [9.17, 15) is 9.18 Å². The van der Waals surface area contributed by atoms with Gasteiger partial charge in [-0.3, -0.25) is 4.79 Å². The van der Waals surface area contributed by atoms with E-state index in [0.29, 0.717) is 12.1 Å². The van der Waals surface area contributed by atoms with Crippen LogP contribution >= 0.6 is 0 Å². The highest BCUT2D eigenvalue weighted by molar-refractivity contribution is 5.84. The molecule has 0 bridgehead atoms. The third-order valence-electron chi connectivity index (χ3n) is 4.98. The molecule has 0 saturated carbocycles. The average molecular weight is 292 g/mol. The Bertz CT molecular complexity index is 509. The first-order chi connectivity index (χ1) is 9.90. The lowest BCUT2D eigenvalue weighted by molar-refractivity contribution is -0.144. The summed E-state index contributed by atoms with van der Waals surface area (Å²) in [5.74, 6) is 0.112. The van der Waals surface area contributed by atoms with Crippen LogP contribution in [0.25, 0.3) is 0 Å². The van der Waals surface area contributed by atoms with E-state index in [1.807, 2.05) is 13.0 Å². The first kappa shape index (κ1) is 16.0. The maximum absolute atomic E-state index is 13.9. The predicted molar refractivity (Wildman–Crippen MR) is 82.3 cm³/mol. The van der Waals surface area contributed by atoms with Gasteiger partial charge in [-0.2, -0.15) is 0 Å². The molecule has 1 aliphatic heterocycles. The van der Waals surface area contributed by atoms with E-state index in [1.54, 1.807) is 24.1 Å². The summed E-state index contributed by atoms with van der Waals surface area (Å²) >= 11 is 0. The molecule has 2 rings (SSSR count). The fourth-order valence-electron chi connectivity index (χ4n) is 3.18. The lowest BCUT2D eigenvalue weighted by atomic mass is 9.75. The SMILES string of the molecule is CC(c1ccccc1F)N(C)C(=O)C1(C(C)C)CCNC1. The Balaban J connectivity index is 2.24. The fourth-order valence-corrected chi connectivity index (χ4v) is 3.18. The van der Waals surface area contributed by atoms with Gasteiger partial charge < -0.3 is 10.2 Å². The number of nitrogens with one attached hydrogen (secondary N) is 1. The molecule has 0 aromatic heterocycles. The minimum Gasteiger partial charge on any atom is -0.338 e. The van der Waals surface area contributed by atoms with E-state index < -0.39 is 0 Å². The van der Waals surface area contributed by atoms with Crippen molar-refractivity contribution in [3.63, 3.8) is 0 Å². The summed E-state index contributed by atoms with van der Waals surface area (Å²) in [5.41, 5.74) is 0.201. The fraction of sp³-hybridized carbons (Fsp3) is 0.588. The molecule has 4 heteroatoms. The molecule has 1 aromatic rings. The second kappa shape index (κ2) is 6.14. The Morgan fingerprint density at radius 3 is 2.52 bits per heavy atom. The van der Waals surface area contributed by atoms with Crippen molar-refractivity contribution in [3.05, 3.63) is 35.6 Å². The van der Waals surface area contributed by atoms with E-state index in [0.717, 1.165) is 13.0 Å². The van der Waals surface area contributed by atoms with Crippen LogP contribution < -0.4 is 5.32 Å². The van der Waals surface area contributed by atoms with Gasteiger partial charge in [-0.05, 0) is 31.9 Å². The van der Waals surface area contributed by atoms with Crippen LogP contribution in [0.5, 0.6) is 0 Å². The molecule has 2 atom stereocenters. The Morgan fingerprint density at radius 2 is 2.00 bits per heavy atom. The summed E-state index contributed by atoms with van der Waals surface area (Å²) in [5, 5.41) is 3.30. The maximum atomic E-state index is 13.9. The molecule has 1 amide bonds. The Morgan fingerprint density at radius 1 is 1.33 bits per heavy atom. The van der Waals surface area contributed by atoms with Crippen molar-refractivity contribution in [2.45, 2.75) is 33.2 Å². The van der Waals surface area contributed by atoms with Crippen molar-refractivity contribution in [1.82, 2.24) is 10.2 Å². The van der Waals surface area contributed by atoms with Crippen LogP contribution in [0.4, 0.5) is 4.39 Å². The number of amides is 1. The first-order valence-corrected chi connectivity index (χ1v) is 7.62. The number of hydrogen-bond donors (Lipinski definition) is 1. The number of carbonyl (C=O) groups is 1. The van der Waals surface area contributed by atoms with Gasteiger partial charge in [0.25, 0.3) is 0 Å². The van der Waals surface area contributed by atoms with E-state index in [-0.39, 0.29) is 29.1 Å². The molecule has 0 aliphatic carbocycles. The number of rotatable bonds is 4. The highest BCUT2D eigenvalue weighted by atomic mass is 19.1. The monoisotopic (exact) mass is 292 g/mol. The highest BCUT2D eigenvalue weighted by Crippen LogP contribution is 2.38. The molecule has 3 nitrogen and oxygen atoms in total. The van der Waals surface area contributed by atoms with Gasteiger partial charge in [0.1, 0.15) is 5.82 Å². The Labute approximate surface area is 126 Å². The molecule has 2 unspecified atom stereocenters. The molecule has 0 spiro atoms. The normalized spacial score (nSPS) is 23.3. The van der Waals surface area contributed by atoms with Crippen molar-refractivity contribution in [2.75, 3.05) is 20.1 Å². The van der Waals surface area contributed by atoms with Crippen molar-refractivity contribution < 1.29 is 9.18 Å². The number of carbonyl (C=O) groups excluding carboxylic acids is 1. The topological polar surface area (TPSA) is 32.3 Å². The second-order valence-electron chi connectivity index (χ2n) is 6.35. The van der Waals surface area contributed by atoms with Crippen molar-refractivity contribution >= 4 is 5.91 Å². The quantitative estimate of drug-likeness (QED) is 0.925. The van der Waals surface area contributed by atoms with Crippen LogP contribution in [0.2, 0.25) is 0 Å². The number of benzene rings is 1. The van der Waals surface area contributed by atoms with Crippen LogP contribution in [0.1, 0.15) is 38.8 Å². The zero-order chi connectivity index (χ0) is 15.6. The zero-order valence-electron chi connectivity index (χ0n) is 13.3. The lowest BCUT2D eigenvalue weighted by Crippen LogP contribution is -2.47. The van der Waals surface area contributed by atoms with Gasteiger partial charge in [0.2, 0.25) is 5.91 Å². The van der Waals surface area contributed by atoms with E-state index >= 15 is 0 Å². The summed E-state index contributed by atoms with van der Waals surface area (Å²) in [4.78, 5) is 14.7. The molecule has 21 heavy (non-hydrogen) atoms. The first-order valence-electron chi connectivity index (χ1n) is 7.62. The van der Waals surface area contributed by atoms with Gasteiger partial charge in [-0.15, -0.1) is 0 Å². The van der Waals surface area contributed by atoms with E-state index in [2.05, 4.69) is 19.2 Å². The molecule has 1 heterocycles. The lowest BCUT2D eigenvalue weighted by Gasteiger charge is -2.37. The number of hydrogen-bond acceptors (Lipinski definition) is 2. The third kappa shape index (κ3) is 2.82. The van der Waals surface area contributed by atoms with E-state index in [1.165, 1.54) is 6.07 Å². The minimum absolute atomic E-state index is 0.109. The Kier molecular flexibility index (Phi) is 4.67. The van der Waals surface area contributed by atoms with Gasteiger partial charge >= 0.3 is 0 Å². The minimum atomic E-state index is -0.367.